The molecule has 1 aliphatic heterocycles. The lowest BCUT2D eigenvalue weighted by Crippen LogP contribution is -2.52. The van der Waals surface area contributed by atoms with Crippen molar-refractivity contribution < 1.29 is 27.5 Å². The van der Waals surface area contributed by atoms with E-state index in [9.17, 15) is 18.0 Å². The summed E-state index contributed by atoms with van der Waals surface area (Å²) < 4.78 is 37.6. The second-order valence-corrected chi connectivity index (χ2v) is 11.1. The van der Waals surface area contributed by atoms with Gasteiger partial charge in [-0.15, -0.1) is 0 Å². The number of rotatable bonds is 10. The predicted molar refractivity (Wildman–Crippen MR) is 139 cm³/mol. The van der Waals surface area contributed by atoms with Gasteiger partial charge in [0.25, 0.3) is 0 Å². The molecule has 0 radical (unpaired) electrons. The molecule has 0 saturated carbocycles. The second-order valence-electron chi connectivity index (χ2n) is 8.74. The van der Waals surface area contributed by atoms with Crippen LogP contribution in [0.1, 0.15) is 32.8 Å². The van der Waals surface area contributed by atoms with Crippen LogP contribution in [0.5, 0.6) is 11.5 Å². The first-order valence-electron chi connectivity index (χ1n) is 11.7. The minimum atomic E-state index is -3.85. The van der Waals surface area contributed by atoms with Crippen LogP contribution in [-0.2, 0) is 26.2 Å². The lowest BCUT2D eigenvalue weighted by atomic mass is 10.1. The van der Waals surface area contributed by atoms with Crippen molar-refractivity contribution in [1.29, 1.82) is 0 Å². The largest absolute Gasteiger partial charge is 0.486 e. The summed E-state index contributed by atoms with van der Waals surface area (Å²) in [6, 6.07) is 10.7. The summed E-state index contributed by atoms with van der Waals surface area (Å²) in [6.07, 6.45) is 1.76. The number of fused-ring (bicyclic) bond motifs is 1. The first kappa shape index (κ1) is 27.6. The Bertz CT molecular complexity index is 1190. The maximum absolute atomic E-state index is 13.6. The molecule has 1 heterocycles. The van der Waals surface area contributed by atoms with Crippen molar-refractivity contribution in [2.45, 2.75) is 45.8 Å². The molecule has 2 amide bonds. The monoisotopic (exact) mass is 537 g/mol. The summed E-state index contributed by atoms with van der Waals surface area (Å²) in [5.41, 5.74) is 1.01. The van der Waals surface area contributed by atoms with Crippen LogP contribution in [0.15, 0.2) is 42.5 Å². The zero-order chi connectivity index (χ0) is 26.5. The van der Waals surface area contributed by atoms with Gasteiger partial charge in [0.2, 0.25) is 21.8 Å². The minimum absolute atomic E-state index is 0.0716. The Morgan fingerprint density at radius 2 is 1.69 bits per heavy atom. The van der Waals surface area contributed by atoms with Crippen molar-refractivity contribution in [3.05, 3.63) is 53.1 Å². The highest BCUT2D eigenvalue weighted by Crippen LogP contribution is 2.34. The van der Waals surface area contributed by atoms with E-state index in [0.717, 1.165) is 22.5 Å². The molecular weight excluding hydrogens is 506 g/mol. The number of halogens is 1. The van der Waals surface area contributed by atoms with Gasteiger partial charge in [0.05, 0.1) is 11.9 Å². The Kier molecular flexibility index (Phi) is 9.08. The molecule has 0 unspecified atom stereocenters. The molecule has 2 aromatic carbocycles. The van der Waals surface area contributed by atoms with E-state index < -0.39 is 28.5 Å². The van der Waals surface area contributed by atoms with Crippen molar-refractivity contribution in [2.24, 2.45) is 0 Å². The van der Waals surface area contributed by atoms with E-state index in [2.05, 4.69) is 5.32 Å². The number of hydrogen-bond acceptors (Lipinski definition) is 6. The number of nitrogens with zero attached hydrogens (tertiary/aromatic N) is 2. The summed E-state index contributed by atoms with van der Waals surface area (Å²) in [7, 11) is -3.85. The van der Waals surface area contributed by atoms with E-state index >= 15 is 0 Å². The van der Waals surface area contributed by atoms with Crippen molar-refractivity contribution in [1.82, 2.24) is 10.2 Å². The van der Waals surface area contributed by atoms with E-state index in [-0.39, 0.29) is 24.2 Å². The molecule has 1 aliphatic rings. The van der Waals surface area contributed by atoms with Crippen LogP contribution < -0.4 is 19.1 Å². The minimum Gasteiger partial charge on any atom is -0.486 e. The molecule has 0 fully saturated rings. The highest BCUT2D eigenvalue weighted by atomic mass is 35.5. The van der Waals surface area contributed by atoms with Crippen LogP contribution in [0.2, 0.25) is 5.02 Å². The van der Waals surface area contributed by atoms with Crippen molar-refractivity contribution in [3.8, 4) is 11.5 Å². The zero-order valence-corrected chi connectivity index (χ0v) is 22.4. The summed E-state index contributed by atoms with van der Waals surface area (Å²) >= 11 is 6.00. The maximum Gasteiger partial charge on any atom is 0.244 e. The molecule has 36 heavy (non-hydrogen) atoms. The number of sulfonamides is 1. The first-order chi connectivity index (χ1) is 17.0. The number of carbonyl (C=O) groups is 2. The number of anilines is 1. The van der Waals surface area contributed by atoms with Crippen LogP contribution in [0.4, 0.5) is 5.69 Å². The third-order valence-corrected chi connectivity index (χ3v) is 7.32. The lowest BCUT2D eigenvalue weighted by Gasteiger charge is -2.32. The summed E-state index contributed by atoms with van der Waals surface area (Å²) in [4.78, 5) is 27.9. The van der Waals surface area contributed by atoms with Crippen LogP contribution in [-0.4, -0.2) is 63.2 Å². The molecule has 0 aliphatic carbocycles. The molecule has 0 aromatic heterocycles. The fourth-order valence-corrected chi connectivity index (χ4v) is 4.60. The predicted octanol–water partition coefficient (Wildman–Crippen LogP) is 3.21. The molecule has 9 nitrogen and oxygen atoms in total. The van der Waals surface area contributed by atoms with Gasteiger partial charge in [0.15, 0.2) is 11.5 Å². The van der Waals surface area contributed by atoms with Gasteiger partial charge in [-0.1, -0.05) is 30.7 Å². The van der Waals surface area contributed by atoms with Gasteiger partial charge in [0.1, 0.15) is 25.8 Å². The van der Waals surface area contributed by atoms with Crippen molar-refractivity contribution >= 4 is 39.1 Å². The van der Waals surface area contributed by atoms with Gasteiger partial charge >= 0.3 is 0 Å². The number of amides is 2. The molecule has 1 N–H and O–H groups in total. The van der Waals surface area contributed by atoms with Gasteiger partial charge in [0, 0.05) is 23.7 Å². The van der Waals surface area contributed by atoms with Crippen molar-refractivity contribution in [3.63, 3.8) is 0 Å². The van der Waals surface area contributed by atoms with Crippen LogP contribution in [0, 0.1) is 0 Å². The summed E-state index contributed by atoms with van der Waals surface area (Å²) in [5, 5.41) is 3.44. The van der Waals surface area contributed by atoms with Crippen molar-refractivity contribution in [2.75, 3.05) is 30.3 Å². The van der Waals surface area contributed by atoms with Gasteiger partial charge in [-0.25, -0.2) is 8.42 Å². The number of ether oxygens (including phenoxy) is 2. The third-order valence-electron chi connectivity index (χ3n) is 5.93. The number of hydrogen-bond donors (Lipinski definition) is 1. The molecule has 3 rings (SSSR count). The number of carbonyl (C=O) groups excluding carboxylic acids is 2. The van der Waals surface area contributed by atoms with Crippen LogP contribution in [0.25, 0.3) is 0 Å². The smallest absolute Gasteiger partial charge is 0.244 e. The van der Waals surface area contributed by atoms with E-state index in [4.69, 9.17) is 21.1 Å². The lowest BCUT2D eigenvalue weighted by molar-refractivity contribution is -0.139. The number of nitrogens with one attached hydrogen (secondary N) is 1. The average molecular weight is 538 g/mol. The number of benzene rings is 2. The average Bonchev–Trinajstić information content (AvgIpc) is 2.85. The first-order valence-corrected chi connectivity index (χ1v) is 13.9. The molecular formula is C25H32ClN3O6S. The maximum atomic E-state index is 13.6. The second kappa shape index (κ2) is 11.8. The van der Waals surface area contributed by atoms with E-state index in [1.54, 1.807) is 43.3 Å². The summed E-state index contributed by atoms with van der Waals surface area (Å²) in [6.45, 7) is 5.80. The summed E-state index contributed by atoms with van der Waals surface area (Å²) in [5.74, 6) is 0.0533. The quantitative estimate of drug-likeness (QED) is 0.499. The van der Waals surface area contributed by atoms with Gasteiger partial charge in [-0.3, -0.25) is 13.9 Å². The normalized spacial score (nSPS) is 14.5. The van der Waals surface area contributed by atoms with E-state index in [1.165, 1.54) is 11.0 Å². The van der Waals surface area contributed by atoms with Gasteiger partial charge in [-0.05, 0) is 50.1 Å². The highest BCUT2D eigenvalue weighted by Gasteiger charge is 2.31. The van der Waals surface area contributed by atoms with Gasteiger partial charge < -0.3 is 19.7 Å². The Morgan fingerprint density at radius 3 is 2.31 bits per heavy atom. The zero-order valence-electron chi connectivity index (χ0n) is 20.9. The van der Waals surface area contributed by atoms with E-state index in [1.807, 2.05) is 13.8 Å². The SMILES string of the molecule is CC[C@@H](C)NC(=O)[C@H](C)N(Cc1ccc(Cl)cc1)C(=O)CN(c1ccc2c(c1)OCCO2)S(C)(=O)=O. The molecule has 196 valence electrons. The Hall–Kier alpha value is -2.98. The molecule has 11 heteroatoms. The standard InChI is InChI=1S/C25H32ClN3O6S/c1-5-17(2)27-25(31)18(3)28(15-19-6-8-20(26)9-7-19)24(30)16-29(36(4,32)33)21-10-11-22-23(14-21)35-13-12-34-22/h6-11,14,17-18H,5,12-13,15-16H2,1-4H3,(H,27,31)/t17-,18+/m1/s1. The van der Waals surface area contributed by atoms with Crippen LogP contribution in [0.3, 0.4) is 0 Å². The molecule has 0 saturated heterocycles. The van der Waals surface area contributed by atoms with Crippen LogP contribution >= 0.6 is 11.6 Å². The fraction of sp³-hybridized carbons (Fsp3) is 0.440. The van der Waals surface area contributed by atoms with Gasteiger partial charge in [-0.2, -0.15) is 0 Å². The van der Waals surface area contributed by atoms with E-state index in [0.29, 0.717) is 29.7 Å². The molecule has 2 aromatic rings. The molecule has 2 atom stereocenters. The fourth-order valence-electron chi connectivity index (χ4n) is 3.64. The Labute approximate surface area is 217 Å². The Balaban J connectivity index is 1.91. The topological polar surface area (TPSA) is 105 Å². The third kappa shape index (κ3) is 7.04. The Morgan fingerprint density at radius 1 is 1.06 bits per heavy atom. The molecule has 0 spiro atoms. The highest BCUT2D eigenvalue weighted by molar-refractivity contribution is 7.92. The molecule has 0 bridgehead atoms.